The fourth-order valence-corrected chi connectivity index (χ4v) is 2.29. The molecule has 1 aliphatic heterocycles. The van der Waals surface area contributed by atoms with Crippen molar-refractivity contribution in [2.75, 3.05) is 33.9 Å². The normalized spacial score (nSPS) is 19.3. The molecule has 0 aliphatic carbocycles. The molecule has 8 heteroatoms. The largest absolute Gasteiger partial charge is 0.480 e. The van der Waals surface area contributed by atoms with E-state index in [2.05, 4.69) is 5.32 Å². The van der Waals surface area contributed by atoms with Gasteiger partial charge in [-0.25, -0.2) is 9.59 Å². The van der Waals surface area contributed by atoms with E-state index in [1.807, 2.05) is 0 Å². The quantitative estimate of drug-likeness (QED) is 0.729. The Labute approximate surface area is 124 Å². The van der Waals surface area contributed by atoms with Gasteiger partial charge in [-0.15, -0.1) is 0 Å². The first-order chi connectivity index (χ1) is 9.71. The predicted molar refractivity (Wildman–Crippen MR) is 74.9 cm³/mol. The van der Waals surface area contributed by atoms with Gasteiger partial charge in [0.1, 0.15) is 11.6 Å². The summed E-state index contributed by atoms with van der Waals surface area (Å²) in [6, 6.07) is -1.59. The van der Waals surface area contributed by atoms with E-state index in [1.54, 1.807) is 25.8 Å². The molecule has 0 saturated carbocycles. The average molecular weight is 301 g/mol. The fraction of sp³-hybridized carbons (Fsp3) is 0.769. The monoisotopic (exact) mass is 301 g/mol. The molecular formula is C13H23N3O5. The number of likely N-dealkylation sites (N-methyl/N-ethyl adjacent to an activating group) is 1. The molecule has 0 bridgehead atoms. The zero-order chi connectivity index (χ0) is 16.2. The third-order valence-corrected chi connectivity index (χ3v) is 3.66. The Hall–Kier alpha value is -1.83. The molecule has 1 heterocycles. The van der Waals surface area contributed by atoms with E-state index < -0.39 is 23.6 Å². The number of carboxylic acids is 1. The van der Waals surface area contributed by atoms with Crippen molar-refractivity contribution in [3.8, 4) is 0 Å². The molecule has 8 nitrogen and oxygen atoms in total. The van der Waals surface area contributed by atoms with Crippen LogP contribution in [0.25, 0.3) is 0 Å². The lowest BCUT2D eigenvalue weighted by atomic mass is 9.98. The van der Waals surface area contributed by atoms with Gasteiger partial charge in [0.05, 0.1) is 0 Å². The minimum atomic E-state index is -1.13. The number of carbonyl (C=O) groups excluding carboxylic acids is 2. The Morgan fingerprint density at radius 1 is 1.43 bits per heavy atom. The predicted octanol–water partition coefficient (Wildman–Crippen LogP) is -0.262. The lowest BCUT2D eigenvalue weighted by Gasteiger charge is -2.44. The van der Waals surface area contributed by atoms with Crippen LogP contribution in [-0.2, 0) is 14.3 Å². The summed E-state index contributed by atoms with van der Waals surface area (Å²) in [6.07, 6.45) is 0.166. The van der Waals surface area contributed by atoms with Crippen LogP contribution >= 0.6 is 0 Å². The summed E-state index contributed by atoms with van der Waals surface area (Å²) in [5.74, 6) is -1.30. The van der Waals surface area contributed by atoms with E-state index in [-0.39, 0.29) is 18.9 Å². The number of ether oxygens (including phenoxy) is 1. The Bertz CT molecular complexity index is 424. The van der Waals surface area contributed by atoms with Gasteiger partial charge in [0.2, 0.25) is 5.91 Å². The topological polar surface area (TPSA) is 99.2 Å². The summed E-state index contributed by atoms with van der Waals surface area (Å²) in [4.78, 5) is 38.5. The van der Waals surface area contributed by atoms with Crippen molar-refractivity contribution < 1.29 is 24.2 Å². The number of carbonyl (C=O) groups is 3. The van der Waals surface area contributed by atoms with Gasteiger partial charge in [-0.3, -0.25) is 4.79 Å². The van der Waals surface area contributed by atoms with Gasteiger partial charge < -0.3 is 25.0 Å². The van der Waals surface area contributed by atoms with Crippen LogP contribution < -0.4 is 5.32 Å². The molecule has 1 unspecified atom stereocenters. The van der Waals surface area contributed by atoms with Gasteiger partial charge in [-0.2, -0.15) is 0 Å². The van der Waals surface area contributed by atoms with Crippen molar-refractivity contribution in [1.82, 2.24) is 15.1 Å². The van der Waals surface area contributed by atoms with Crippen LogP contribution in [0.15, 0.2) is 0 Å². The van der Waals surface area contributed by atoms with Crippen molar-refractivity contribution >= 4 is 17.9 Å². The van der Waals surface area contributed by atoms with Gasteiger partial charge >= 0.3 is 12.0 Å². The second kappa shape index (κ2) is 6.75. The summed E-state index contributed by atoms with van der Waals surface area (Å²) in [5.41, 5.74) is -0.999. The number of nitrogens with one attached hydrogen (secondary N) is 1. The molecular weight excluding hydrogens is 278 g/mol. The second-order valence-corrected chi connectivity index (χ2v) is 5.56. The van der Waals surface area contributed by atoms with Crippen LogP contribution in [0.1, 0.15) is 20.3 Å². The number of rotatable bonds is 5. The Balaban J connectivity index is 2.77. The van der Waals surface area contributed by atoms with Crippen molar-refractivity contribution in [3.05, 3.63) is 0 Å². The van der Waals surface area contributed by atoms with Crippen molar-refractivity contribution in [2.24, 2.45) is 0 Å². The Kier molecular flexibility index (Phi) is 5.54. The van der Waals surface area contributed by atoms with Gasteiger partial charge in [-0.05, 0) is 13.8 Å². The molecule has 0 radical (unpaired) electrons. The number of hydrogen-bond acceptors (Lipinski definition) is 4. The highest BCUT2D eigenvalue weighted by atomic mass is 16.5. The van der Waals surface area contributed by atoms with Crippen LogP contribution in [0, 0.1) is 0 Å². The first kappa shape index (κ1) is 17.2. The Morgan fingerprint density at radius 2 is 2.05 bits per heavy atom. The highest BCUT2D eigenvalue weighted by Crippen LogP contribution is 2.21. The highest BCUT2D eigenvalue weighted by Gasteiger charge is 2.43. The molecule has 1 aliphatic rings. The number of nitrogens with zero attached hydrogens (tertiary/aromatic N) is 2. The third kappa shape index (κ3) is 3.84. The lowest BCUT2D eigenvalue weighted by Crippen LogP contribution is -2.66. The van der Waals surface area contributed by atoms with E-state index in [4.69, 9.17) is 9.84 Å². The molecule has 0 aromatic rings. The summed E-state index contributed by atoms with van der Waals surface area (Å²) >= 11 is 0. The fourth-order valence-electron chi connectivity index (χ4n) is 2.29. The van der Waals surface area contributed by atoms with Crippen molar-refractivity contribution in [3.63, 3.8) is 0 Å². The third-order valence-electron chi connectivity index (χ3n) is 3.66. The number of hydrogen-bond donors (Lipinski definition) is 2. The molecule has 1 saturated heterocycles. The van der Waals surface area contributed by atoms with Gasteiger partial charge in [-0.1, -0.05) is 0 Å². The zero-order valence-corrected chi connectivity index (χ0v) is 12.9. The maximum absolute atomic E-state index is 12.3. The van der Waals surface area contributed by atoms with E-state index in [1.165, 1.54) is 12.0 Å². The maximum Gasteiger partial charge on any atom is 0.326 e. The second-order valence-electron chi connectivity index (χ2n) is 5.56. The number of methoxy groups -OCH3 is 1. The van der Waals surface area contributed by atoms with Crippen LogP contribution in [-0.4, -0.2) is 78.2 Å². The molecule has 3 amide bonds. The Morgan fingerprint density at radius 3 is 2.57 bits per heavy atom. The molecule has 120 valence electrons. The molecule has 0 spiro atoms. The number of urea groups is 1. The number of amides is 3. The standard InChI is InChI=1S/C13H23N3O5/c1-13(2)11(19)15(3)6-7-16(13)12(20)14-9(10(17)18)5-8-21-4/h9H,5-8H2,1-4H3,(H,14,20)(H,17,18). The molecule has 0 aromatic carbocycles. The summed E-state index contributed by atoms with van der Waals surface area (Å²) < 4.78 is 4.83. The summed E-state index contributed by atoms with van der Waals surface area (Å²) in [5, 5.41) is 11.6. The van der Waals surface area contributed by atoms with E-state index in [0.717, 1.165) is 0 Å². The summed E-state index contributed by atoms with van der Waals surface area (Å²) in [7, 11) is 3.14. The average Bonchev–Trinajstić information content (AvgIpc) is 2.40. The van der Waals surface area contributed by atoms with E-state index in [0.29, 0.717) is 13.1 Å². The van der Waals surface area contributed by atoms with Crippen LogP contribution in [0.4, 0.5) is 4.79 Å². The number of aliphatic carboxylic acids is 1. The lowest BCUT2D eigenvalue weighted by molar-refractivity contribution is -0.144. The van der Waals surface area contributed by atoms with Crippen molar-refractivity contribution in [1.29, 1.82) is 0 Å². The molecule has 2 N–H and O–H groups in total. The zero-order valence-electron chi connectivity index (χ0n) is 12.9. The van der Waals surface area contributed by atoms with Crippen LogP contribution in [0.2, 0.25) is 0 Å². The van der Waals surface area contributed by atoms with Gasteiger partial charge in [0, 0.05) is 40.3 Å². The van der Waals surface area contributed by atoms with Crippen LogP contribution in [0.3, 0.4) is 0 Å². The molecule has 0 aromatic heterocycles. The highest BCUT2D eigenvalue weighted by molar-refractivity contribution is 5.92. The van der Waals surface area contributed by atoms with Gasteiger partial charge in [0.15, 0.2) is 0 Å². The minimum Gasteiger partial charge on any atom is -0.480 e. The smallest absolute Gasteiger partial charge is 0.326 e. The molecule has 21 heavy (non-hydrogen) atoms. The van der Waals surface area contributed by atoms with Crippen LogP contribution in [0.5, 0.6) is 0 Å². The minimum absolute atomic E-state index is 0.166. The van der Waals surface area contributed by atoms with E-state index in [9.17, 15) is 14.4 Å². The first-order valence-electron chi connectivity index (χ1n) is 6.77. The van der Waals surface area contributed by atoms with E-state index >= 15 is 0 Å². The molecule has 1 fully saturated rings. The van der Waals surface area contributed by atoms with Gasteiger partial charge in [0.25, 0.3) is 0 Å². The number of carboxylic acid groups (broad SMARTS) is 1. The maximum atomic E-state index is 12.3. The SMILES string of the molecule is COCCC(NC(=O)N1CCN(C)C(=O)C1(C)C)C(=O)O. The van der Waals surface area contributed by atoms with Crippen molar-refractivity contribution in [2.45, 2.75) is 31.8 Å². The summed E-state index contributed by atoms with van der Waals surface area (Å²) in [6.45, 7) is 4.30. The molecule has 1 rings (SSSR count). The molecule has 1 atom stereocenters. The number of piperazine rings is 1. The first-order valence-corrected chi connectivity index (χ1v) is 6.77.